The molecule has 4 amide bonds. The topological polar surface area (TPSA) is 179 Å². The molecule has 0 aliphatic carbocycles. The quantitative estimate of drug-likeness (QED) is 0.159. The van der Waals surface area contributed by atoms with Crippen LogP contribution >= 0.6 is 11.6 Å². The smallest absolute Gasteiger partial charge is 0.361 e. The van der Waals surface area contributed by atoms with Gasteiger partial charge in [0.05, 0.1) is 18.6 Å². The number of methoxy groups -OCH3 is 1. The molecule has 1 heterocycles. The van der Waals surface area contributed by atoms with Crippen molar-refractivity contribution in [2.45, 2.75) is 25.8 Å². The van der Waals surface area contributed by atoms with Gasteiger partial charge in [-0.3, -0.25) is 14.5 Å². The molecule has 13 heteroatoms. The van der Waals surface area contributed by atoms with E-state index >= 15 is 0 Å². The summed E-state index contributed by atoms with van der Waals surface area (Å²) in [6.07, 6.45) is 0.295. The van der Waals surface area contributed by atoms with E-state index in [1.165, 1.54) is 13.2 Å². The zero-order chi connectivity index (χ0) is 28.0. The third-order valence-corrected chi connectivity index (χ3v) is 6.19. The lowest BCUT2D eigenvalue weighted by atomic mass is 9.97. The van der Waals surface area contributed by atoms with Crippen LogP contribution in [0.2, 0.25) is 5.02 Å². The summed E-state index contributed by atoms with van der Waals surface area (Å²) in [5.74, 6) is -3.53. The third-order valence-electron chi connectivity index (χ3n) is 5.96. The molecular weight excluding hydrogens is 520 g/mol. The number of carbonyl (C=O) groups excluding carboxylic acids is 3. The molecule has 2 aromatic carbocycles. The largest absolute Gasteiger partial charge is 0.502 e. The van der Waals surface area contributed by atoms with Crippen molar-refractivity contribution in [3.05, 3.63) is 52.5 Å². The number of benzene rings is 2. The number of carboxylic acids is 1. The number of aliphatic hydroxyl groups is 1. The Kier molecular flexibility index (Phi) is 9.13. The van der Waals surface area contributed by atoms with Gasteiger partial charge in [-0.05, 0) is 48.7 Å². The van der Waals surface area contributed by atoms with Gasteiger partial charge in [-0.15, -0.1) is 0 Å². The van der Waals surface area contributed by atoms with E-state index in [9.17, 15) is 29.4 Å². The lowest BCUT2D eigenvalue weighted by molar-refractivity contribution is -0.369. The number of amides is 4. The molecule has 0 radical (unpaired) electrons. The van der Waals surface area contributed by atoms with Crippen molar-refractivity contribution in [1.29, 1.82) is 0 Å². The monoisotopic (exact) mass is 547 g/mol. The number of nitrogens with zero attached hydrogens (tertiary/aromatic N) is 1. The molecule has 1 aliphatic rings. The summed E-state index contributed by atoms with van der Waals surface area (Å²) in [5, 5.41) is 35.3. The molecular formula is C25H28ClN4O8+. The highest BCUT2D eigenvalue weighted by Crippen LogP contribution is 2.26. The molecule has 0 bridgehead atoms. The van der Waals surface area contributed by atoms with Crippen LogP contribution < -0.4 is 20.4 Å². The lowest BCUT2D eigenvalue weighted by Gasteiger charge is -2.24. The number of halogens is 1. The van der Waals surface area contributed by atoms with Gasteiger partial charge in [0.25, 0.3) is 0 Å². The van der Waals surface area contributed by atoms with Gasteiger partial charge in [0, 0.05) is 17.6 Å². The van der Waals surface area contributed by atoms with Gasteiger partial charge in [0.2, 0.25) is 17.5 Å². The number of phenolic OH excluding ortho intramolecular Hbond substituents is 1. The maximum absolute atomic E-state index is 13.3. The maximum Gasteiger partial charge on any atom is 0.361 e. The molecule has 1 aliphatic heterocycles. The SMILES string of the molecule is CC[C@@H](NC(=O)N1CC(=O)NCC(Cc2cc(Cl)ccc2OC)C1=O)C(O)=[NH+]c1cc(C(=O)O)ccc1O. The molecule has 6 N–H and O–H groups in total. The van der Waals surface area contributed by atoms with Gasteiger partial charge in [-0.25, -0.2) is 9.59 Å². The second-order valence-electron chi connectivity index (χ2n) is 8.54. The van der Waals surface area contributed by atoms with Crippen LogP contribution in [0.3, 0.4) is 0 Å². The molecule has 0 aromatic heterocycles. The highest BCUT2D eigenvalue weighted by Gasteiger charge is 2.36. The van der Waals surface area contributed by atoms with Crippen LogP contribution in [0.15, 0.2) is 36.4 Å². The number of phenols is 1. The summed E-state index contributed by atoms with van der Waals surface area (Å²) in [6.45, 7) is 1.11. The number of nitrogens with one attached hydrogen (secondary N) is 3. The summed E-state index contributed by atoms with van der Waals surface area (Å²) >= 11 is 6.10. The average Bonchev–Trinajstić information content (AvgIpc) is 3.02. The zero-order valence-electron chi connectivity index (χ0n) is 20.7. The number of aliphatic hydroxyl groups excluding tert-OH is 1. The number of urea groups is 1. The highest BCUT2D eigenvalue weighted by molar-refractivity contribution is 6.30. The van der Waals surface area contributed by atoms with Gasteiger partial charge in [-0.1, -0.05) is 18.5 Å². The average molecular weight is 548 g/mol. The highest BCUT2D eigenvalue weighted by atomic mass is 35.5. The normalized spacial score (nSPS) is 16.9. The number of hydrogen-bond acceptors (Lipinski definition) is 6. The fraction of sp³-hybridized carbons (Fsp3) is 0.320. The molecule has 0 spiro atoms. The number of ether oxygens (including phenoxy) is 1. The molecule has 1 fully saturated rings. The Balaban J connectivity index is 1.81. The van der Waals surface area contributed by atoms with Crippen LogP contribution in [0.25, 0.3) is 0 Å². The minimum absolute atomic E-state index is 0.00749. The first-order valence-electron chi connectivity index (χ1n) is 11.6. The molecule has 1 saturated heterocycles. The van der Waals surface area contributed by atoms with E-state index in [2.05, 4.69) is 15.6 Å². The Morgan fingerprint density at radius 3 is 2.63 bits per heavy atom. The molecule has 3 rings (SSSR count). The Morgan fingerprint density at radius 2 is 1.97 bits per heavy atom. The van der Waals surface area contributed by atoms with Crippen molar-refractivity contribution in [2.24, 2.45) is 5.92 Å². The van der Waals surface area contributed by atoms with Gasteiger partial charge < -0.3 is 30.7 Å². The van der Waals surface area contributed by atoms with E-state index in [0.29, 0.717) is 16.3 Å². The van der Waals surface area contributed by atoms with Crippen molar-refractivity contribution in [3.63, 3.8) is 0 Å². The van der Waals surface area contributed by atoms with Crippen LogP contribution in [0.4, 0.5) is 10.5 Å². The Bertz CT molecular complexity index is 1280. The Morgan fingerprint density at radius 1 is 1.24 bits per heavy atom. The van der Waals surface area contributed by atoms with E-state index in [0.717, 1.165) is 17.0 Å². The molecule has 202 valence electrons. The van der Waals surface area contributed by atoms with Crippen LogP contribution in [-0.2, 0) is 16.0 Å². The molecule has 38 heavy (non-hydrogen) atoms. The van der Waals surface area contributed by atoms with Crippen molar-refractivity contribution < 1.29 is 44.2 Å². The summed E-state index contributed by atoms with van der Waals surface area (Å²) in [7, 11) is 1.47. The van der Waals surface area contributed by atoms with Crippen molar-refractivity contribution in [3.8, 4) is 11.5 Å². The third kappa shape index (κ3) is 6.71. The van der Waals surface area contributed by atoms with Crippen LogP contribution in [0.1, 0.15) is 29.3 Å². The minimum atomic E-state index is -1.24. The van der Waals surface area contributed by atoms with Gasteiger partial charge in [0.15, 0.2) is 11.8 Å². The van der Waals surface area contributed by atoms with Crippen LogP contribution in [0.5, 0.6) is 11.5 Å². The lowest BCUT2D eigenvalue weighted by Crippen LogP contribution is -2.71. The van der Waals surface area contributed by atoms with E-state index in [-0.39, 0.29) is 36.4 Å². The molecule has 2 aromatic rings. The molecule has 1 unspecified atom stereocenters. The van der Waals surface area contributed by atoms with Gasteiger partial charge >= 0.3 is 17.9 Å². The number of carbonyl (C=O) groups is 4. The number of aromatic hydroxyl groups is 1. The zero-order valence-corrected chi connectivity index (χ0v) is 21.4. The van der Waals surface area contributed by atoms with Crippen molar-refractivity contribution in [2.75, 3.05) is 20.2 Å². The van der Waals surface area contributed by atoms with E-state index < -0.39 is 48.2 Å². The standard InChI is InChI=1S/C25H27ClN4O8/c1-3-17(22(33)28-18-10-13(24(35)36)4-6-19(18)31)29-25(37)30-12-21(32)27-11-15(23(30)34)8-14-9-16(26)5-7-20(14)38-2/h4-7,9-10,15,17,31H,3,8,11-12H2,1-2H3,(H,27,32)(H,28,33)(H,29,37)(H,35,36)/p+1/t15?,17-/m1/s1. The van der Waals surface area contributed by atoms with Crippen LogP contribution in [-0.4, -0.2) is 76.2 Å². The second kappa shape index (κ2) is 12.3. The van der Waals surface area contributed by atoms with Crippen LogP contribution in [0, 0.1) is 5.92 Å². The molecule has 12 nitrogen and oxygen atoms in total. The van der Waals surface area contributed by atoms with E-state index in [1.54, 1.807) is 25.1 Å². The van der Waals surface area contributed by atoms with E-state index in [1.807, 2.05) is 0 Å². The maximum atomic E-state index is 13.3. The summed E-state index contributed by atoms with van der Waals surface area (Å²) in [5.41, 5.74) is 0.384. The predicted molar refractivity (Wildman–Crippen MR) is 136 cm³/mol. The summed E-state index contributed by atoms with van der Waals surface area (Å²) < 4.78 is 5.34. The number of imide groups is 1. The van der Waals surface area contributed by atoms with Gasteiger partial charge in [0.1, 0.15) is 12.3 Å². The summed E-state index contributed by atoms with van der Waals surface area (Å²) in [6, 6.07) is 6.40. The fourth-order valence-electron chi connectivity index (χ4n) is 3.91. The number of carboxylic acid groups (broad SMARTS) is 1. The molecule has 2 atom stereocenters. The minimum Gasteiger partial charge on any atom is -0.502 e. The number of aromatic carboxylic acids is 1. The summed E-state index contributed by atoms with van der Waals surface area (Å²) in [4.78, 5) is 53.2. The first kappa shape index (κ1) is 28.3. The second-order valence-corrected chi connectivity index (χ2v) is 8.98. The first-order valence-corrected chi connectivity index (χ1v) is 12.0. The fourth-order valence-corrected chi connectivity index (χ4v) is 4.11. The first-order chi connectivity index (χ1) is 18.0. The van der Waals surface area contributed by atoms with Crippen molar-refractivity contribution in [1.82, 2.24) is 15.5 Å². The number of hydrogen-bond donors (Lipinski definition) is 6. The van der Waals surface area contributed by atoms with Gasteiger partial charge in [-0.2, -0.15) is 4.99 Å². The van der Waals surface area contributed by atoms with E-state index in [4.69, 9.17) is 21.4 Å². The number of rotatable bonds is 8. The predicted octanol–water partition coefficient (Wildman–Crippen LogP) is 0.727. The van der Waals surface area contributed by atoms with Crippen molar-refractivity contribution >= 4 is 47.0 Å². The molecule has 0 saturated carbocycles. The Labute approximate surface area is 222 Å². The Hall–Kier alpha value is -4.32.